The van der Waals surface area contributed by atoms with Crippen LogP contribution >= 0.6 is 0 Å². The molecule has 0 aliphatic carbocycles. The van der Waals surface area contributed by atoms with Crippen molar-refractivity contribution in [1.82, 2.24) is 0 Å². The zero-order valence-electron chi connectivity index (χ0n) is 8.98. The Bertz CT molecular complexity index is 429. The van der Waals surface area contributed by atoms with E-state index in [0.29, 0.717) is 6.42 Å². The minimum atomic E-state index is -0.481. The first-order valence-electron chi connectivity index (χ1n) is 5.35. The van der Waals surface area contributed by atoms with Gasteiger partial charge in [-0.25, -0.2) is 0 Å². The zero-order chi connectivity index (χ0) is 11.5. The summed E-state index contributed by atoms with van der Waals surface area (Å²) in [7, 11) is 0. The largest absolute Gasteiger partial charge is 0.368 e. The van der Waals surface area contributed by atoms with Gasteiger partial charge in [-0.15, -0.1) is 0 Å². The van der Waals surface area contributed by atoms with E-state index in [1.807, 2.05) is 24.3 Å². The molecule has 16 heavy (non-hydrogen) atoms. The maximum Gasteiger partial charge on any atom is 0.237 e. The summed E-state index contributed by atoms with van der Waals surface area (Å²) in [5.74, 6) is -0.506. The van der Waals surface area contributed by atoms with Crippen molar-refractivity contribution in [1.29, 1.82) is 0 Å². The molecule has 2 rings (SSSR count). The first-order valence-corrected chi connectivity index (χ1v) is 5.35. The quantitative estimate of drug-likeness (QED) is 0.799. The predicted molar refractivity (Wildman–Crippen MR) is 60.9 cm³/mol. The molecule has 4 heteroatoms. The minimum absolute atomic E-state index is 0.0243. The van der Waals surface area contributed by atoms with Crippen LogP contribution in [0.15, 0.2) is 24.3 Å². The van der Waals surface area contributed by atoms with Gasteiger partial charge in [-0.3, -0.25) is 9.59 Å². The van der Waals surface area contributed by atoms with E-state index in [1.54, 1.807) is 0 Å². The number of rotatable bonds is 2. The third kappa shape index (κ3) is 2.05. The summed E-state index contributed by atoms with van der Waals surface area (Å²) in [6.45, 7) is -0.0319. The lowest BCUT2D eigenvalue weighted by molar-refractivity contribution is -0.122. The number of primary amides is 1. The van der Waals surface area contributed by atoms with Gasteiger partial charge in [-0.1, -0.05) is 18.2 Å². The van der Waals surface area contributed by atoms with Crippen molar-refractivity contribution in [3.8, 4) is 0 Å². The average molecular weight is 218 g/mol. The van der Waals surface area contributed by atoms with Crippen molar-refractivity contribution >= 4 is 17.5 Å². The van der Waals surface area contributed by atoms with Crippen LogP contribution in [0.5, 0.6) is 0 Å². The average Bonchev–Trinajstić information content (AvgIpc) is 2.40. The van der Waals surface area contributed by atoms with E-state index < -0.39 is 5.91 Å². The number of aryl methyl sites for hydroxylation is 1. The Morgan fingerprint density at radius 2 is 2.06 bits per heavy atom. The van der Waals surface area contributed by atoms with Crippen LogP contribution in [0.1, 0.15) is 18.4 Å². The van der Waals surface area contributed by atoms with Crippen molar-refractivity contribution in [2.45, 2.75) is 19.3 Å². The summed E-state index contributed by atoms with van der Waals surface area (Å²) in [6.07, 6.45) is 2.17. The van der Waals surface area contributed by atoms with Crippen molar-refractivity contribution in [2.24, 2.45) is 5.73 Å². The molecule has 0 fully saturated rings. The van der Waals surface area contributed by atoms with Gasteiger partial charge in [0.05, 0.1) is 0 Å². The highest BCUT2D eigenvalue weighted by molar-refractivity contribution is 5.99. The number of nitrogens with two attached hydrogens (primary N) is 1. The van der Waals surface area contributed by atoms with Gasteiger partial charge in [-0.2, -0.15) is 0 Å². The Morgan fingerprint density at radius 1 is 1.31 bits per heavy atom. The molecule has 0 saturated carbocycles. The summed E-state index contributed by atoms with van der Waals surface area (Å²) >= 11 is 0. The van der Waals surface area contributed by atoms with Crippen LogP contribution < -0.4 is 10.6 Å². The van der Waals surface area contributed by atoms with Crippen molar-refractivity contribution in [2.75, 3.05) is 11.4 Å². The Labute approximate surface area is 94.0 Å². The van der Waals surface area contributed by atoms with Gasteiger partial charge in [0.1, 0.15) is 6.54 Å². The van der Waals surface area contributed by atoms with E-state index in [1.165, 1.54) is 4.90 Å². The maximum atomic E-state index is 11.8. The Hall–Kier alpha value is -1.84. The molecule has 2 N–H and O–H groups in total. The fourth-order valence-corrected chi connectivity index (χ4v) is 2.01. The molecule has 1 aromatic rings. The number of amides is 2. The summed E-state index contributed by atoms with van der Waals surface area (Å²) in [6, 6.07) is 7.66. The fourth-order valence-electron chi connectivity index (χ4n) is 2.01. The van der Waals surface area contributed by atoms with E-state index in [9.17, 15) is 9.59 Å². The van der Waals surface area contributed by atoms with Gasteiger partial charge in [0.2, 0.25) is 11.8 Å². The molecule has 0 saturated heterocycles. The lowest BCUT2D eigenvalue weighted by atomic mass is 10.1. The van der Waals surface area contributed by atoms with Crippen LogP contribution in [0.4, 0.5) is 5.69 Å². The van der Waals surface area contributed by atoms with Crippen LogP contribution in [0.3, 0.4) is 0 Å². The number of hydrogen-bond acceptors (Lipinski definition) is 2. The number of carbonyl (C=O) groups excluding carboxylic acids is 2. The Morgan fingerprint density at radius 3 is 2.81 bits per heavy atom. The van der Waals surface area contributed by atoms with E-state index >= 15 is 0 Å². The van der Waals surface area contributed by atoms with Gasteiger partial charge in [0.15, 0.2) is 0 Å². The summed E-state index contributed by atoms with van der Waals surface area (Å²) in [5.41, 5.74) is 7.09. The molecule has 1 aliphatic heterocycles. The number of para-hydroxylation sites is 1. The maximum absolute atomic E-state index is 11.8. The smallest absolute Gasteiger partial charge is 0.237 e. The van der Waals surface area contributed by atoms with Crippen molar-refractivity contribution in [3.05, 3.63) is 29.8 Å². The highest BCUT2D eigenvalue weighted by Gasteiger charge is 2.22. The molecule has 4 nitrogen and oxygen atoms in total. The molecule has 0 atom stereocenters. The molecular weight excluding hydrogens is 204 g/mol. The molecular formula is C12H14N2O2. The monoisotopic (exact) mass is 218 g/mol. The van der Waals surface area contributed by atoms with Crippen LogP contribution in [0.2, 0.25) is 0 Å². The highest BCUT2D eigenvalue weighted by atomic mass is 16.2. The minimum Gasteiger partial charge on any atom is -0.368 e. The number of nitrogens with zero attached hydrogens (tertiary/aromatic N) is 1. The summed E-state index contributed by atoms with van der Waals surface area (Å²) < 4.78 is 0. The SMILES string of the molecule is NC(=O)CN1C(=O)CCCc2ccccc21. The first kappa shape index (κ1) is 10.7. The number of hydrogen-bond donors (Lipinski definition) is 1. The number of benzene rings is 1. The number of fused-ring (bicyclic) bond motifs is 1. The second-order valence-corrected chi connectivity index (χ2v) is 3.93. The lowest BCUT2D eigenvalue weighted by Gasteiger charge is -2.21. The van der Waals surface area contributed by atoms with Crippen molar-refractivity contribution < 1.29 is 9.59 Å². The standard InChI is InChI=1S/C12H14N2O2/c13-11(15)8-14-10-6-2-1-4-9(10)5-3-7-12(14)16/h1-2,4,6H,3,5,7-8H2,(H2,13,15). The number of carbonyl (C=O) groups is 2. The van der Waals surface area contributed by atoms with E-state index in [0.717, 1.165) is 24.1 Å². The zero-order valence-corrected chi connectivity index (χ0v) is 8.98. The molecule has 1 heterocycles. The van der Waals surface area contributed by atoms with E-state index in [2.05, 4.69) is 0 Å². The second-order valence-electron chi connectivity index (χ2n) is 3.93. The molecule has 1 aromatic carbocycles. The van der Waals surface area contributed by atoms with E-state index in [4.69, 9.17) is 5.73 Å². The van der Waals surface area contributed by atoms with Crippen LogP contribution in [-0.2, 0) is 16.0 Å². The second kappa shape index (κ2) is 4.35. The molecule has 0 aromatic heterocycles. The third-order valence-corrected chi connectivity index (χ3v) is 2.73. The van der Waals surface area contributed by atoms with Gasteiger partial charge in [-0.05, 0) is 24.5 Å². The molecule has 0 radical (unpaired) electrons. The van der Waals surface area contributed by atoms with Crippen LogP contribution in [0, 0.1) is 0 Å². The molecule has 2 amide bonds. The number of anilines is 1. The van der Waals surface area contributed by atoms with Gasteiger partial charge in [0, 0.05) is 12.1 Å². The van der Waals surface area contributed by atoms with E-state index in [-0.39, 0.29) is 12.5 Å². The molecule has 1 aliphatic rings. The summed E-state index contributed by atoms with van der Waals surface area (Å²) in [5, 5.41) is 0. The van der Waals surface area contributed by atoms with Gasteiger partial charge < -0.3 is 10.6 Å². The molecule has 0 bridgehead atoms. The summed E-state index contributed by atoms with van der Waals surface area (Å²) in [4.78, 5) is 24.3. The Balaban J connectivity index is 2.39. The van der Waals surface area contributed by atoms with Crippen LogP contribution in [0.25, 0.3) is 0 Å². The molecule has 0 spiro atoms. The fraction of sp³-hybridized carbons (Fsp3) is 0.333. The first-order chi connectivity index (χ1) is 7.68. The van der Waals surface area contributed by atoms with Gasteiger partial charge in [0.25, 0.3) is 0 Å². The van der Waals surface area contributed by atoms with Crippen LogP contribution in [-0.4, -0.2) is 18.4 Å². The highest BCUT2D eigenvalue weighted by Crippen LogP contribution is 2.26. The normalized spacial score (nSPS) is 15.5. The molecule has 84 valence electrons. The predicted octanol–water partition coefficient (Wildman–Crippen LogP) is 0.841. The van der Waals surface area contributed by atoms with Gasteiger partial charge >= 0.3 is 0 Å². The Kier molecular flexibility index (Phi) is 2.90. The molecule has 0 unspecified atom stereocenters. The lowest BCUT2D eigenvalue weighted by Crippen LogP contribution is -2.38. The topological polar surface area (TPSA) is 63.4 Å². The van der Waals surface area contributed by atoms with Crippen molar-refractivity contribution in [3.63, 3.8) is 0 Å². The third-order valence-electron chi connectivity index (χ3n) is 2.73.